The molecule has 1 aliphatic carbocycles. The van der Waals surface area contributed by atoms with Crippen LogP contribution in [0.4, 0.5) is 0 Å². The third-order valence-electron chi connectivity index (χ3n) is 4.24. The van der Waals surface area contributed by atoms with Gasteiger partial charge in [0, 0.05) is 16.8 Å². The van der Waals surface area contributed by atoms with Gasteiger partial charge < -0.3 is 10.4 Å². The number of thiophene rings is 1. The molecule has 1 amide bonds. The van der Waals surface area contributed by atoms with Crippen LogP contribution in [0.5, 0.6) is 0 Å². The van der Waals surface area contributed by atoms with E-state index in [4.69, 9.17) is 0 Å². The first kappa shape index (κ1) is 15.0. The highest BCUT2D eigenvalue weighted by atomic mass is 32.1. The molecule has 0 fully saturated rings. The van der Waals surface area contributed by atoms with Crippen molar-refractivity contribution < 1.29 is 14.7 Å². The number of carboxylic acid groups (broad SMARTS) is 1. The minimum atomic E-state index is -0.897. The van der Waals surface area contributed by atoms with Gasteiger partial charge in [0.1, 0.15) is 0 Å². The number of rotatable bonds is 5. The molecule has 0 saturated heterocycles. The van der Waals surface area contributed by atoms with Gasteiger partial charge in [-0.05, 0) is 44.6 Å². The van der Waals surface area contributed by atoms with Crippen LogP contribution in [0.15, 0.2) is 5.38 Å². The quantitative estimate of drug-likeness (QED) is 0.878. The summed E-state index contributed by atoms with van der Waals surface area (Å²) >= 11 is 1.65. The lowest BCUT2D eigenvalue weighted by Crippen LogP contribution is -2.40. The van der Waals surface area contributed by atoms with E-state index >= 15 is 0 Å². The van der Waals surface area contributed by atoms with Gasteiger partial charge in [-0.25, -0.2) is 0 Å². The van der Waals surface area contributed by atoms with Crippen molar-refractivity contribution in [3.63, 3.8) is 0 Å². The van der Waals surface area contributed by atoms with Crippen molar-refractivity contribution >= 4 is 23.2 Å². The first-order valence-electron chi connectivity index (χ1n) is 7.09. The van der Waals surface area contributed by atoms with Gasteiger partial charge in [0.2, 0.25) is 0 Å². The molecule has 20 heavy (non-hydrogen) atoms. The van der Waals surface area contributed by atoms with Gasteiger partial charge >= 0.3 is 5.97 Å². The Kier molecular flexibility index (Phi) is 4.48. The molecule has 0 aliphatic heterocycles. The minimum Gasteiger partial charge on any atom is -0.481 e. The standard InChI is InChI=1S/C15H21NO3S/c1-3-15(2,14(18)19)9-16-13(17)11-8-20-12-7-5-4-6-10(11)12/h8H,3-7,9H2,1-2H3,(H,16,17)(H,18,19). The Bertz CT molecular complexity index is 523. The summed E-state index contributed by atoms with van der Waals surface area (Å²) in [6, 6.07) is 0. The van der Waals surface area contributed by atoms with Gasteiger partial charge in [-0.2, -0.15) is 0 Å². The normalized spacial score (nSPS) is 17.1. The Morgan fingerprint density at radius 3 is 2.75 bits per heavy atom. The first-order chi connectivity index (χ1) is 9.48. The Labute approximate surface area is 123 Å². The molecule has 4 nitrogen and oxygen atoms in total. The molecule has 2 N–H and O–H groups in total. The predicted molar refractivity (Wildman–Crippen MR) is 79.3 cm³/mol. The Balaban J connectivity index is 2.06. The molecule has 1 heterocycles. The van der Waals surface area contributed by atoms with E-state index < -0.39 is 11.4 Å². The predicted octanol–water partition coefficient (Wildman–Crippen LogP) is 2.86. The van der Waals surface area contributed by atoms with Gasteiger partial charge in [-0.15, -0.1) is 11.3 Å². The van der Waals surface area contributed by atoms with E-state index in [1.165, 1.54) is 16.9 Å². The molecule has 0 spiro atoms. The van der Waals surface area contributed by atoms with Gasteiger partial charge in [-0.1, -0.05) is 6.92 Å². The molecule has 1 aromatic heterocycles. The highest BCUT2D eigenvalue weighted by Crippen LogP contribution is 2.30. The molecule has 1 unspecified atom stereocenters. The largest absolute Gasteiger partial charge is 0.481 e. The van der Waals surface area contributed by atoms with E-state index in [-0.39, 0.29) is 12.5 Å². The first-order valence-corrected chi connectivity index (χ1v) is 7.96. The Hall–Kier alpha value is -1.36. The van der Waals surface area contributed by atoms with E-state index in [0.29, 0.717) is 6.42 Å². The third kappa shape index (κ3) is 2.87. The lowest BCUT2D eigenvalue weighted by Gasteiger charge is -2.23. The monoisotopic (exact) mass is 295 g/mol. The summed E-state index contributed by atoms with van der Waals surface area (Å²) in [6.45, 7) is 3.66. The van der Waals surface area contributed by atoms with Gasteiger partial charge in [0.15, 0.2) is 0 Å². The average Bonchev–Trinajstić information content (AvgIpc) is 2.88. The summed E-state index contributed by atoms with van der Waals surface area (Å²) in [5, 5.41) is 13.9. The fourth-order valence-corrected chi connectivity index (χ4v) is 3.53. The van der Waals surface area contributed by atoms with Crippen LogP contribution in [-0.2, 0) is 17.6 Å². The molecule has 1 aromatic rings. The van der Waals surface area contributed by atoms with E-state index in [0.717, 1.165) is 24.8 Å². The molecular weight excluding hydrogens is 274 g/mol. The number of hydrogen-bond acceptors (Lipinski definition) is 3. The maximum absolute atomic E-state index is 12.3. The molecule has 1 aliphatic rings. The summed E-state index contributed by atoms with van der Waals surface area (Å²) in [7, 11) is 0. The number of nitrogens with one attached hydrogen (secondary N) is 1. The molecule has 0 saturated carbocycles. The Morgan fingerprint density at radius 1 is 1.40 bits per heavy atom. The van der Waals surface area contributed by atoms with Gasteiger partial charge in [-0.3, -0.25) is 9.59 Å². The fraction of sp³-hybridized carbons (Fsp3) is 0.600. The highest BCUT2D eigenvalue weighted by Gasteiger charge is 2.32. The summed E-state index contributed by atoms with van der Waals surface area (Å²) < 4.78 is 0. The molecule has 0 bridgehead atoms. The van der Waals surface area contributed by atoms with Crippen LogP contribution >= 0.6 is 11.3 Å². The summed E-state index contributed by atoms with van der Waals surface area (Å²) in [6.07, 6.45) is 4.85. The molecule has 0 aromatic carbocycles. The molecule has 110 valence electrons. The maximum Gasteiger partial charge on any atom is 0.311 e. The maximum atomic E-state index is 12.3. The number of hydrogen-bond donors (Lipinski definition) is 2. The zero-order valence-corrected chi connectivity index (χ0v) is 12.8. The summed E-state index contributed by atoms with van der Waals surface area (Å²) in [4.78, 5) is 24.8. The van der Waals surface area contributed by atoms with E-state index in [1.807, 2.05) is 12.3 Å². The van der Waals surface area contributed by atoms with Crippen molar-refractivity contribution in [2.24, 2.45) is 5.41 Å². The number of amides is 1. The van der Waals surface area contributed by atoms with Crippen molar-refractivity contribution in [2.75, 3.05) is 6.54 Å². The number of aryl methyl sites for hydroxylation is 1. The highest BCUT2D eigenvalue weighted by molar-refractivity contribution is 7.10. The van der Waals surface area contributed by atoms with Crippen LogP contribution in [0.3, 0.4) is 0 Å². The topological polar surface area (TPSA) is 66.4 Å². The SMILES string of the molecule is CCC(C)(CNC(=O)c1csc2c1CCCC2)C(=O)O. The second kappa shape index (κ2) is 5.95. The van der Waals surface area contributed by atoms with Gasteiger partial charge in [0.05, 0.1) is 11.0 Å². The fourth-order valence-electron chi connectivity index (χ4n) is 2.41. The van der Waals surface area contributed by atoms with Crippen molar-refractivity contribution in [1.82, 2.24) is 5.32 Å². The number of aliphatic carboxylic acids is 1. The van der Waals surface area contributed by atoms with Crippen LogP contribution in [-0.4, -0.2) is 23.5 Å². The van der Waals surface area contributed by atoms with Crippen LogP contribution in [0.25, 0.3) is 0 Å². The molecule has 0 radical (unpaired) electrons. The second-order valence-electron chi connectivity index (χ2n) is 5.66. The molecule has 5 heteroatoms. The average molecular weight is 295 g/mol. The second-order valence-corrected chi connectivity index (χ2v) is 6.62. The van der Waals surface area contributed by atoms with E-state index in [2.05, 4.69) is 5.32 Å². The van der Waals surface area contributed by atoms with Crippen LogP contribution in [0.2, 0.25) is 0 Å². The van der Waals surface area contributed by atoms with Crippen LogP contribution < -0.4 is 5.32 Å². The smallest absolute Gasteiger partial charge is 0.311 e. The van der Waals surface area contributed by atoms with E-state index in [1.54, 1.807) is 18.3 Å². The zero-order valence-electron chi connectivity index (χ0n) is 12.0. The minimum absolute atomic E-state index is 0.134. The lowest BCUT2D eigenvalue weighted by atomic mass is 9.87. The Morgan fingerprint density at radius 2 is 2.10 bits per heavy atom. The summed E-state index contributed by atoms with van der Waals surface area (Å²) in [5.74, 6) is -1.00. The van der Waals surface area contributed by atoms with Crippen molar-refractivity contribution in [3.8, 4) is 0 Å². The van der Waals surface area contributed by atoms with Crippen molar-refractivity contribution in [1.29, 1.82) is 0 Å². The zero-order chi connectivity index (χ0) is 14.8. The van der Waals surface area contributed by atoms with Crippen LogP contribution in [0, 0.1) is 5.41 Å². The van der Waals surface area contributed by atoms with Crippen LogP contribution in [0.1, 0.15) is 53.9 Å². The molecule has 1 atom stereocenters. The van der Waals surface area contributed by atoms with Crippen molar-refractivity contribution in [3.05, 3.63) is 21.4 Å². The van der Waals surface area contributed by atoms with Crippen molar-refractivity contribution in [2.45, 2.75) is 46.0 Å². The molecule has 2 rings (SSSR count). The lowest BCUT2D eigenvalue weighted by molar-refractivity contribution is -0.147. The third-order valence-corrected chi connectivity index (χ3v) is 5.33. The summed E-state index contributed by atoms with van der Waals surface area (Å²) in [5.41, 5.74) is 1.02. The van der Waals surface area contributed by atoms with Gasteiger partial charge in [0.25, 0.3) is 5.91 Å². The number of fused-ring (bicyclic) bond motifs is 1. The number of carbonyl (C=O) groups is 2. The number of carbonyl (C=O) groups excluding carboxylic acids is 1. The molecular formula is C15H21NO3S. The number of carboxylic acids is 1. The van der Waals surface area contributed by atoms with E-state index in [9.17, 15) is 14.7 Å².